The molecule has 2 atom stereocenters. The van der Waals surface area contributed by atoms with Gasteiger partial charge >= 0.3 is 7.60 Å². The lowest BCUT2D eigenvalue weighted by molar-refractivity contribution is -0.122. The summed E-state index contributed by atoms with van der Waals surface area (Å²) < 4.78 is 10.9. The monoisotopic (exact) mass is 295 g/mol. The zero-order chi connectivity index (χ0) is 15.1. The molecular weight excluding hydrogens is 273 g/mol. The van der Waals surface area contributed by atoms with Gasteiger partial charge in [-0.1, -0.05) is 0 Å². The third-order valence-corrected chi connectivity index (χ3v) is 3.55. The number of carbonyl (C=O) groups is 1. The van der Waals surface area contributed by atoms with Crippen LogP contribution < -0.4 is 22.5 Å². The summed E-state index contributed by atoms with van der Waals surface area (Å²) in [5.41, 5.74) is 15.9. The molecule has 9 nitrogen and oxygen atoms in total. The maximum absolute atomic E-state index is 11.5. The standard InChI is InChI=1S/C9H22N5O4P/c1-6(19(16,17)18)14-8(15)7(10)4-2-3-5-13-9(11)12/h6-7H,2-5,10H2,1H3,(H,14,15)(H4,11,12,13)(H2,16,17,18)/t6-,7-/m0/s1. The predicted molar refractivity (Wildman–Crippen MR) is 72.2 cm³/mol. The Morgan fingerprint density at radius 3 is 2.42 bits per heavy atom. The van der Waals surface area contributed by atoms with Crippen LogP contribution in [0.5, 0.6) is 0 Å². The first-order valence-corrected chi connectivity index (χ1v) is 7.49. The van der Waals surface area contributed by atoms with E-state index in [1.54, 1.807) is 0 Å². The Kier molecular flexibility index (Phi) is 7.62. The molecule has 0 spiro atoms. The fourth-order valence-corrected chi connectivity index (χ4v) is 1.51. The molecule has 10 heteroatoms. The molecule has 0 saturated heterocycles. The molecule has 0 aromatic rings. The molecule has 0 fully saturated rings. The number of amides is 1. The molecule has 19 heavy (non-hydrogen) atoms. The highest BCUT2D eigenvalue weighted by atomic mass is 31.2. The van der Waals surface area contributed by atoms with Crippen LogP contribution in [-0.2, 0) is 9.36 Å². The average Bonchev–Trinajstić information content (AvgIpc) is 2.26. The van der Waals surface area contributed by atoms with E-state index >= 15 is 0 Å². The van der Waals surface area contributed by atoms with Crippen LogP contribution in [0.15, 0.2) is 4.99 Å². The number of nitrogens with two attached hydrogens (primary N) is 3. The van der Waals surface area contributed by atoms with Crippen molar-refractivity contribution in [1.82, 2.24) is 5.32 Å². The topological polar surface area (TPSA) is 177 Å². The number of nitrogens with one attached hydrogen (secondary N) is 1. The molecule has 1 amide bonds. The summed E-state index contributed by atoms with van der Waals surface area (Å²) in [6.07, 6.45) is 1.70. The van der Waals surface area contributed by atoms with E-state index in [0.29, 0.717) is 25.8 Å². The molecule has 0 heterocycles. The molecule has 0 aliphatic rings. The summed E-state index contributed by atoms with van der Waals surface area (Å²) in [4.78, 5) is 33.0. The van der Waals surface area contributed by atoms with Gasteiger partial charge in [-0.2, -0.15) is 0 Å². The van der Waals surface area contributed by atoms with E-state index in [1.807, 2.05) is 0 Å². The van der Waals surface area contributed by atoms with Gasteiger partial charge in [-0.05, 0) is 26.2 Å². The Morgan fingerprint density at radius 1 is 1.37 bits per heavy atom. The van der Waals surface area contributed by atoms with E-state index in [1.165, 1.54) is 6.92 Å². The summed E-state index contributed by atoms with van der Waals surface area (Å²) in [6.45, 7) is 1.68. The molecule has 0 radical (unpaired) electrons. The van der Waals surface area contributed by atoms with E-state index < -0.39 is 25.3 Å². The lowest BCUT2D eigenvalue weighted by atomic mass is 10.1. The SMILES string of the molecule is C[C@@H](NC(=O)[C@@H](N)CCCCN=C(N)N)P(=O)(O)O. The van der Waals surface area contributed by atoms with Crippen LogP contribution in [0, 0.1) is 0 Å². The van der Waals surface area contributed by atoms with Crippen LogP contribution >= 0.6 is 7.60 Å². The van der Waals surface area contributed by atoms with Crippen molar-refractivity contribution in [1.29, 1.82) is 0 Å². The first kappa shape index (κ1) is 17.8. The second-order valence-electron chi connectivity index (χ2n) is 4.18. The van der Waals surface area contributed by atoms with Crippen molar-refractivity contribution in [3.63, 3.8) is 0 Å². The Bertz CT molecular complexity index is 366. The van der Waals surface area contributed by atoms with Gasteiger partial charge in [-0.15, -0.1) is 0 Å². The lowest BCUT2D eigenvalue weighted by Gasteiger charge is -2.18. The Balaban J connectivity index is 3.95. The summed E-state index contributed by atoms with van der Waals surface area (Å²) in [5.74, 6) is -1.82. The maximum Gasteiger partial charge on any atom is 0.347 e. The van der Waals surface area contributed by atoms with Gasteiger partial charge in [0, 0.05) is 6.54 Å². The fourth-order valence-electron chi connectivity index (χ4n) is 1.21. The second-order valence-corrected chi connectivity index (χ2v) is 6.14. The number of hydrogen-bond acceptors (Lipinski definition) is 4. The average molecular weight is 295 g/mol. The van der Waals surface area contributed by atoms with Crippen molar-refractivity contribution >= 4 is 19.5 Å². The van der Waals surface area contributed by atoms with Crippen molar-refractivity contribution in [2.75, 3.05) is 6.54 Å². The van der Waals surface area contributed by atoms with Gasteiger partial charge in [0.15, 0.2) is 5.96 Å². The zero-order valence-corrected chi connectivity index (χ0v) is 11.7. The van der Waals surface area contributed by atoms with E-state index in [0.717, 1.165) is 0 Å². The molecule has 0 unspecified atom stereocenters. The fraction of sp³-hybridized carbons (Fsp3) is 0.778. The van der Waals surface area contributed by atoms with Crippen LogP contribution in [-0.4, -0.2) is 40.0 Å². The Hall–Kier alpha value is -1.15. The molecule has 0 aliphatic heterocycles. The second kappa shape index (κ2) is 8.11. The Labute approximate surface area is 111 Å². The number of unbranched alkanes of at least 4 members (excludes halogenated alkanes) is 1. The van der Waals surface area contributed by atoms with E-state index in [2.05, 4.69) is 10.3 Å². The van der Waals surface area contributed by atoms with Crippen LogP contribution in [0.25, 0.3) is 0 Å². The number of aliphatic imine (C=N–C) groups is 1. The van der Waals surface area contributed by atoms with Gasteiger partial charge in [0.1, 0.15) is 5.78 Å². The minimum absolute atomic E-state index is 0.0116. The molecule has 0 bridgehead atoms. The number of carbonyl (C=O) groups excluding carboxylic acids is 1. The van der Waals surface area contributed by atoms with Crippen LogP contribution in [0.3, 0.4) is 0 Å². The van der Waals surface area contributed by atoms with E-state index in [4.69, 9.17) is 27.0 Å². The third kappa shape index (κ3) is 8.55. The zero-order valence-electron chi connectivity index (χ0n) is 10.8. The molecule has 0 saturated carbocycles. The highest BCUT2D eigenvalue weighted by molar-refractivity contribution is 7.52. The van der Waals surface area contributed by atoms with Crippen molar-refractivity contribution in [2.45, 2.75) is 38.0 Å². The molecular formula is C9H22N5O4P. The minimum atomic E-state index is -4.33. The molecule has 0 aromatic heterocycles. The van der Waals surface area contributed by atoms with Crippen LogP contribution in [0.1, 0.15) is 26.2 Å². The van der Waals surface area contributed by atoms with Gasteiger partial charge < -0.3 is 32.3 Å². The Morgan fingerprint density at radius 2 is 1.95 bits per heavy atom. The van der Waals surface area contributed by atoms with E-state index in [9.17, 15) is 9.36 Å². The normalized spacial score (nSPS) is 14.5. The largest absolute Gasteiger partial charge is 0.370 e. The molecule has 9 N–H and O–H groups in total. The smallest absolute Gasteiger partial charge is 0.347 e. The van der Waals surface area contributed by atoms with Crippen LogP contribution in [0.2, 0.25) is 0 Å². The third-order valence-electron chi connectivity index (χ3n) is 2.41. The van der Waals surface area contributed by atoms with Crippen LogP contribution in [0.4, 0.5) is 0 Å². The summed E-state index contributed by atoms with van der Waals surface area (Å²) in [7, 11) is -4.33. The highest BCUT2D eigenvalue weighted by Crippen LogP contribution is 2.39. The van der Waals surface area contributed by atoms with Crippen molar-refractivity contribution in [3.05, 3.63) is 0 Å². The highest BCUT2D eigenvalue weighted by Gasteiger charge is 2.27. The number of rotatable bonds is 8. The molecule has 0 rings (SSSR count). The lowest BCUT2D eigenvalue weighted by Crippen LogP contribution is -2.44. The predicted octanol–water partition coefficient (Wildman–Crippen LogP) is -1.60. The van der Waals surface area contributed by atoms with Gasteiger partial charge in [-0.3, -0.25) is 14.4 Å². The number of nitrogens with zero attached hydrogens (tertiary/aromatic N) is 1. The first-order chi connectivity index (χ1) is 8.64. The summed E-state index contributed by atoms with van der Waals surface area (Å²) >= 11 is 0. The molecule has 0 aliphatic carbocycles. The number of guanidine groups is 1. The van der Waals surface area contributed by atoms with Crippen molar-refractivity contribution in [3.8, 4) is 0 Å². The van der Waals surface area contributed by atoms with Gasteiger partial charge in [0.2, 0.25) is 5.91 Å². The molecule has 112 valence electrons. The van der Waals surface area contributed by atoms with Gasteiger partial charge in [-0.25, -0.2) is 0 Å². The van der Waals surface area contributed by atoms with Crippen molar-refractivity contribution < 1.29 is 19.1 Å². The minimum Gasteiger partial charge on any atom is -0.370 e. The summed E-state index contributed by atoms with van der Waals surface area (Å²) in [5, 5.41) is 2.18. The summed E-state index contributed by atoms with van der Waals surface area (Å²) in [6, 6.07) is -0.812. The van der Waals surface area contributed by atoms with Gasteiger partial charge in [0.05, 0.1) is 6.04 Å². The van der Waals surface area contributed by atoms with E-state index in [-0.39, 0.29) is 5.96 Å². The van der Waals surface area contributed by atoms with Crippen molar-refractivity contribution in [2.24, 2.45) is 22.2 Å². The number of hydrogen-bond donors (Lipinski definition) is 6. The maximum atomic E-state index is 11.5. The van der Waals surface area contributed by atoms with Gasteiger partial charge in [0.25, 0.3) is 0 Å². The first-order valence-electron chi connectivity index (χ1n) is 5.81. The molecule has 0 aromatic carbocycles. The quantitative estimate of drug-likeness (QED) is 0.135.